The molecule has 0 bridgehead atoms. The summed E-state index contributed by atoms with van der Waals surface area (Å²) < 4.78 is 24.5. The lowest BCUT2D eigenvalue weighted by molar-refractivity contribution is 0.0528. The largest absolute Gasteiger partial charge is 0.508 e. The number of carbonyl (C=O) groups excluding carboxylic acids is 1. The Labute approximate surface area is 167 Å². The van der Waals surface area contributed by atoms with E-state index < -0.39 is 11.8 Å². The van der Waals surface area contributed by atoms with Crippen molar-refractivity contribution in [1.82, 2.24) is 5.32 Å². The molecule has 0 amide bonds. The molecule has 0 aliphatic carbocycles. The standard InChI is InChI=1S/C22H24FNO5/c1-3-28-22(27)20-19-15(8-9-24-13(2)12-25)10-17(26)11-18(19)29-21(20)14-4-6-16(23)7-5-14/h4-7,10-11,13,24-26H,3,8-9,12H2,1-2H3. The van der Waals surface area contributed by atoms with Crippen LogP contribution in [-0.4, -0.2) is 42.0 Å². The summed E-state index contributed by atoms with van der Waals surface area (Å²) in [5, 5.41) is 23.0. The maximum absolute atomic E-state index is 13.4. The van der Waals surface area contributed by atoms with E-state index >= 15 is 0 Å². The number of hydrogen-bond donors (Lipinski definition) is 3. The molecule has 3 aromatic rings. The predicted molar refractivity (Wildman–Crippen MR) is 107 cm³/mol. The quantitative estimate of drug-likeness (QED) is 0.499. The molecule has 1 aromatic heterocycles. The Morgan fingerprint density at radius 2 is 2.00 bits per heavy atom. The maximum Gasteiger partial charge on any atom is 0.342 e. The molecule has 0 saturated carbocycles. The van der Waals surface area contributed by atoms with Gasteiger partial charge < -0.3 is 24.7 Å². The zero-order valence-electron chi connectivity index (χ0n) is 16.4. The molecule has 0 aliphatic rings. The summed E-state index contributed by atoms with van der Waals surface area (Å²) in [5.41, 5.74) is 1.83. The Kier molecular flexibility index (Phi) is 6.51. The number of fused-ring (bicyclic) bond motifs is 1. The summed E-state index contributed by atoms with van der Waals surface area (Å²) in [4.78, 5) is 12.8. The van der Waals surface area contributed by atoms with Gasteiger partial charge in [0.2, 0.25) is 0 Å². The first-order valence-electron chi connectivity index (χ1n) is 9.50. The first-order chi connectivity index (χ1) is 13.9. The average molecular weight is 401 g/mol. The summed E-state index contributed by atoms with van der Waals surface area (Å²) in [6.07, 6.45) is 0.490. The van der Waals surface area contributed by atoms with Crippen molar-refractivity contribution in [3.63, 3.8) is 0 Å². The number of aliphatic hydroxyl groups is 1. The van der Waals surface area contributed by atoms with Crippen LogP contribution in [-0.2, 0) is 11.2 Å². The Morgan fingerprint density at radius 1 is 1.28 bits per heavy atom. The lowest BCUT2D eigenvalue weighted by Gasteiger charge is -2.11. The van der Waals surface area contributed by atoms with Crippen LogP contribution < -0.4 is 5.32 Å². The van der Waals surface area contributed by atoms with Gasteiger partial charge in [0.15, 0.2) is 0 Å². The highest BCUT2D eigenvalue weighted by molar-refractivity contribution is 6.10. The topological polar surface area (TPSA) is 91.9 Å². The third-order valence-electron chi connectivity index (χ3n) is 4.60. The van der Waals surface area contributed by atoms with Crippen molar-refractivity contribution in [3.8, 4) is 17.1 Å². The van der Waals surface area contributed by atoms with Gasteiger partial charge in [0.1, 0.15) is 28.5 Å². The van der Waals surface area contributed by atoms with Crippen molar-refractivity contribution in [2.45, 2.75) is 26.3 Å². The molecule has 6 nitrogen and oxygen atoms in total. The van der Waals surface area contributed by atoms with Crippen molar-refractivity contribution in [2.75, 3.05) is 19.8 Å². The molecular weight excluding hydrogens is 377 g/mol. The minimum Gasteiger partial charge on any atom is -0.508 e. The van der Waals surface area contributed by atoms with E-state index in [9.17, 15) is 14.3 Å². The average Bonchev–Trinajstić information content (AvgIpc) is 3.07. The minimum atomic E-state index is -0.547. The van der Waals surface area contributed by atoms with E-state index in [1.54, 1.807) is 13.0 Å². The number of furan rings is 1. The Hall–Kier alpha value is -2.90. The lowest BCUT2D eigenvalue weighted by atomic mass is 9.99. The molecule has 1 heterocycles. The van der Waals surface area contributed by atoms with E-state index in [2.05, 4.69) is 5.32 Å². The second-order valence-electron chi connectivity index (χ2n) is 6.80. The molecule has 29 heavy (non-hydrogen) atoms. The summed E-state index contributed by atoms with van der Waals surface area (Å²) >= 11 is 0. The number of aromatic hydroxyl groups is 1. The van der Waals surface area contributed by atoms with Crippen LogP contribution in [0, 0.1) is 5.82 Å². The number of phenolic OH excluding ortho intramolecular Hbond substituents is 1. The molecule has 154 valence electrons. The molecule has 0 radical (unpaired) electrons. The zero-order valence-corrected chi connectivity index (χ0v) is 16.4. The molecule has 3 rings (SSSR count). The molecule has 0 aliphatic heterocycles. The third kappa shape index (κ3) is 4.58. The molecule has 2 aromatic carbocycles. The maximum atomic E-state index is 13.4. The van der Waals surface area contributed by atoms with Crippen molar-refractivity contribution in [2.24, 2.45) is 0 Å². The zero-order chi connectivity index (χ0) is 21.0. The number of halogens is 1. The summed E-state index contributed by atoms with van der Waals surface area (Å²) in [6.45, 7) is 4.29. The smallest absolute Gasteiger partial charge is 0.342 e. The van der Waals surface area contributed by atoms with Crippen molar-refractivity contribution in [3.05, 3.63) is 53.3 Å². The van der Waals surface area contributed by atoms with Gasteiger partial charge in [-0.25, -0.2) is 9.18 Å². The Morgan fingerprint density at radius 3 is 2.66 bits per heavy atom. The van der Waals surface area contributed by atoms with Gasteiger partial charge in [-0.15, -0.1) is 0 Å². The third-order valence-corrected chi connectivity index (χ3v) is 4.60. The van der Waals surface area contributed by atoms with Crippen LogP contribution in [0.2, 0.25) is 0 Å². The van der Waals surface area contributed by atoms with Gasteiger partial charge in [-0.3, -0.25) is 0 Å². The van der Waals surface area contributed by atoms with Crippen LogP contribution in [0.1, 0.15) is 29.8 Å². The van der Waals surface area contributed by atoms with Gasteiger partial charge in [-0.05, 0) is 62.7 Å². The van der Waals surface area contributed by atoms with Crippen LogP contribution in [0.25, 0.3) is 22.3 Å². The Balaban J connectivity index is 2.14. The van der Waals surface area contributed by atoms with Crippen molar-refractivity contribution < 1.29 is 28.6 Å². The van der Waals surface area contributed by atoms with Crippen LogP contribution >= 0.6 is 0 Å². The Bertz CT molecular complexity index is 997. The molecule has 0 fully saturated rings. The molecule has 7 heteroatoms. The number of hydrogen-bond acceptors (Lipinski definition) is 6. The van der Waals surface area contributed by atoms with Crippen LogP contribution in [0.15, 0.2) is 40.8 Å². The fraction of sp³-hybridized carbons (Fsp3) is 0.318. The molecule has 0 saturated heterocycles. The van der Waals surface area contributed by atoms with E-state index in [-0.39, 0.29) is 36.3 Å². The normalized spacial score (nSPS) is 12.3. The molecule has 1 atom stereocenters. The highest BCUT2D eigenvalue weighted by Crippen LogP contribution is 2.38. The van der Waals surface area contributed by atoms with Crippen molar-refractivity contribution >= 4 is 16.9 Å². The van der Waals surface area contributed by atoms with Gasteiger partial charge in [-0.1, -0.05) is 0 Å². The molecule has 1 unspecified atom stereocenters. The first-order valence-corrected chi connectivity index (χ1v) is 9.50. The number of benzene rings is 2. The van der Waals surface area contributed by atoms with Gasteiger partial charge >= 0.3 is 5.97 Å². The number of ether oxygens (including phenoxy) is 1. The van der Waals surface area contributed by atoms with Crippen LogP contribution in [0.5, 0.6) is 5.75 Å². The van der Waals surface area contributed by atoms with Crippen LogP contribution in [0.3, 0.4) is 0 Å². The van der Waals surface area contributed by atoms with E-state index in [1.807, 2.05) is 6.92 Å². The molecular formula is C22H24FNO5. The number of rotatable bonds is 8. The number of nitrogens with one attached hydrogen (secondary N) is 1. The number of carbonyl (C=O) groups is 1. The second kappa shape index (κ2) is 9.07. The predicted octanol–water partition coefficient (Wildman–Crippen LogP) is 3.63. The van der Waals surface area contributed by atoms with Gasteiger partial charge in [0.05, 0.1) is 13.2 Å². The summed E-state index contributed by atoms with van der Waals surface area (Å²) in [5.74, 6) is -0.668. The van der Waals surface area contributed by atoms with Gasteiger partial charge in [-0.2, -0.15) is 0 Å². The number of phenols is 1. The van der Waals surface area contributed by atoms with Crippen LogP contribution in [0.4, 0.5) is 4.39 Å². The molecule has 3 N–H and O–H groups in total. The van der Waals surface area contributed by atoms with Gasteiger partial charge in [0, 0.05) is 23.1 Å². The highest BCUT2D eigenvalue weighted by Gasteiger charge is 2.26. The number of aliphatic hydroxyl groups excluding tert-OH is 1. The van der Waals surface area contributed by atoms with Gasteiger partial charge in [0.25, 0.3) is 0 Å². The summed E-state index contributed by atoms with van der Waals surface area (Å²) in [6, 6.07) is 8.58. The first kappa shape index (κ1) is 20.8. The van der Waals surface area contributed by atoms with E-state index in [0.717, 1.165) is 0 Å². The highest BCUT2D eigenvalue weighted by atomic mass is 19.1. The fourth-order valence-electron chi connectivity index (χ4n) is 3.21. The van der Waals surface area contributed by atoms with E-state index in [0.29, 0.717) is 35.1 Å². The fourth-order valence-corrected chi connectivity index (χ4v) is 3.21. The van der Waals surface area contributed by atoms with E-state index in [4.69, 9.17) is 14.3 Å². The number of esters is 1. The minimum absolute atomic E-state index is 0.00392. The summed E-state index contributed by atoms with van der Waals surface area (Å²) in [7, 11) is 0. The second-order valence-corrected chi connectivity index (χ2v) is 6.80. The lowest BCUT2D eigenvalue weighted by Crippen LogP contribution is -2.31. The van der Waals surface area contributed by atoms with E-state index in [1.165, 1.54) is 30.3 Å². The van der Waals surface area contributed by atoms with Crippen molar-refractivity contribution in [1.29, 1.82) is 0 Å². The molecule has 0 spiro atoms. The SMILES string of the molecule is CCOC(=O)c1c(-c2ccc(F)cc2)oc2cc(O)cc(CCNC(C)CO)c12. The monoisotopic (exact) mass is 401 g/mol.